The van der Waals surface area contributed by atoms with Crippen LogP contribution >= 0.6 is 11.8 Å². The van der Waals surface area contributed by atoms with Crippen LogP contribution in [0.2, 0.25) is 0 Å². The number of hydrogen-bond donors (Lipinski definition) is 0. The summed E-state index contributed by atoms with van der Waals surface area (Å²) in [5, 5.41) is 4.30. The summed E-state index contributed by atoms with van der Waals surface area (Å²) in [5.41, 5.74) is 3.03. The molecule has 4 aromatic rings. The number of rotatable bonds is 5. The molecule has 2 fully saturated rings. The van der Waals surface area contributed by atoms with Gasteiger partial charge in [-0.2, -0.15) is 9.97 Å². The average Bonchev–Trinajstić information content (AvgIpc) is 3.42. The smallest absolute Gasteiger partial charge is 0.317 e. The molecule has 2 aromatic carbocycles. The van der Waals surface area contributed by atoms with E-state index in [1.165, 1.54) is 49.5 Å². The van der Waals surface area contributed by atoms with Crippen molar-refractivity contribution >= 4 is 33.4 Å². The van der Waals surface area contributed by atoms with E-state index in [1.807, 2.05) is 18.5 Å². The third-order valence-electron chi connectivity index (χ3n) is 7.07. The van der Waals surface area contributed by atoms with Crippen LogP contribution in [0.25, 0.3) is 32.9 Å². The number of hydrogen-bond acceptors (Lipinski definition) is 6. The Balaban J connectivity index is 1.49. The van der Waals surface area contributed by atoms with Crippen molar-refractivity contribution in [1.82, 2.24) is 19.9 Å². The zero-order chi connectivity index (χ0) is 21.5. The number of benzene rings is 2. The summed E-state index contributed by atoms with van der Waals surface area (Å²) in [6, 6.07) is 17.2. The SMILES string of the molecule is CSc1nccc2nc(OCC34CCCN3CCC4)nc(-c3cccc4ccccc34)c12. The molecule has 0 spiro atoms. The first kappa shape index (κ1) is 19.9. The Hall–Kier alpha value is -2.70. The maximum absolute atomic E-state index is 6.36. The zero-order valence-corrected chi connectivity index (χ0v) is 19.1. The molecule has 0 atom stereocenters. The predicted molar refractivity (Wildman–Crippen MR) is 130 cm³/mol. The maximum atomic E-state index is 6.36. The summed E-state index contributed by atoms with van der Waals surface area (Å²) < 4.78 is 6.36. The molecule has 2 aliphatic heterocycles. The number of thioether (sulfide) groups is 1. The summed E-state index contributed by atoms with van der Waals surface area (Å²) >= 11 is 1.63. The summed E-state index contributed by atoms with van der Waals surface area (Å²) in [5.74, 6) is 0. The van der Waals surface area contributed by atoms with Crippen LogP contribution in [0.1, 0.15) is 25.7 Å². The Labute approximate surface area is 192 Å². The van der Waals surface area contributed by atoms with E-state index >= 15 is 0 Å². The van der Waals surface area contributed by atoms with E-state index in [-0.39, 0.29) is 5.54 Å². The molecule has 0 amide bonds. The molecule has 0 aliphatic carbocycles. The second kappa shape index (κ2) is 8.01. The topological polar surface area (TPSA) is 51.1 Å². The molecule has 4 heterocycles. The highest BCUT2D eigenvalue weighted by atomic mass is 32.2. The van der Waals surface area contributed by atoms with Crippen LogP contribution in [0.4, 0.5) is 0 Å². The molecule has 32 heavy (non-hydrogen) atoms. The second-order valence-corrected chi connectivity index (χ2v) is 9.60. The molecule has 6 rings (SSSR count). The summed E-state index contributed by atoms with van der Waals surface area (Å²) in [4.78, 5) is 17.0. The fraction of sp³-hybridized carbons (Fsp3) is 0.346. The first-order valence-corrected chi connectivity index (χ1v) is 12.6. The summed E-state index contributed by atoms with van der Waals surface area (Å²) in [6.07, 6.45) is 8.80. The highest BCUT2D eigenvalue weighted by molar-refractivity contribution is 7.98. The Morgan fingerprint density at radius 3 is 2.66 bits per heavy atom. The minimum absolute atomic E-state index is 0.167. The molecule has 2 aliphatic rings. The second-order valence-electron chi connectivity index (χ2n) is 8.80. The Bertz CT molecular complexity index is 1290. The molecule has 162 valence electrons. The van der Waals surface area contributed by atoms with Crippen LogP contribution in [0, 0.1) is 0 Å². The van der Waals surface area contributed by atoms with Crippen molar-refractivity contribution in [2.45, 2.75) is 36.2 Å². The molecular weight excluding hydrogens is 416 g/mol. The Morgan fingerprint density at radius 2 is 1.81 bits per heavy atom. The number of fused-ring (bicyclic) bond motifs is 3. The molecule has 2 aromatic heterocycles. The van der Waals surface area contributed by atoms with E-state index in [1.54, 1.807) is 11.8 Å². The fourth-order valence-electron chi connectivity index (χ4n) is 5.53. The van der Waals surface area contributed by atoms with Crippen LogP contribution in [0.5, 0.6) is 6.01 Å². The van der Waals surface area contributed by atoms with Gasteiger partial charge in [-0.05, 0) is 61.9 Å². The van der Waals surface area contributed by atoms with Gasteiger partial charge < -0.3 is 4.74 Å². The maximum Gasteiger partial charge on any atom is 0.317 e. The third kappa shape index (κ3) is 3.24. The van der Waals surface area contributed by atoms with E-state index in [0.29, 0.717) is 12.6 Å². The van der Waals surface area contributed by atoms with Gasteiger partial charge in [0, 0.05) is 11.8 Å². The summed E-state index contributed by atoms with van der Waals surface area (Å²) in [6.45, 7) is 3.03. The molecule has 0 radical (unpaired) electrons. The zero-order valence-electron chi connectivity index (χ0n) is 18.3. The van der Waals surface area contributed by atoms with Gasteiger partial charge in [0.05, 0.1) is 22.1 Å². The monoisotopic (exact) mass is 442 g/mol. The van der Waals surface area contributed by atoms with Crippen LogP contribution in [-0.2, 0) is 0 Å². The lowest BCUT2D eigenvalue weighted by Gasteiger charge is -2.31. The first-order chi connectivity index (χ1) is 15.8. The minimum atomic E-state index is 0.167. The quantitative estimate of drug-likeness (QED) is 0.377. The molecule has 0 N–H and O–H groups in total. The van der Waals surface area contributed by atoms with E-state index < -0.39 is 0 Å². The van der Waals surface area contributed by atoms with Gasteiger partial charge in [-0.1, -0.05) is 42.5 Å². The lowest BCUT2D eigenvalue weighted by molar-refractivity contribution is 0.108. The van der Waals surface area contributed by atoms with Gasteiger partial charge in [-0.3, -0.25) is 4.90 Å². The highest BCUT2D eigenvalue weighted by Crippen LogP contribution is 2.40. The van der Waals surface area contributed by atoms with Crippen LogP contribution in [0.15, 0.2) is 59.8 Å². The average molecular weight is 443 g/mol. The highest BCUT2D eigenvalue weighted by Gasteiger charge is 2.45. The first-order valence-electron chi connectivity index (χ1n) is 11.3. The van der Waals surface area contributed by atoms with Crippen LogP contribution in [-0.4, -0.2) is 51.3 Å². The lowest BCUT2D eigenvalue weighted by Crippen LogP contribution is -2.43. The van der Waals surface area contributed by atoms with Gasteiger partial charge in [0.2, 0.25) is 0 Å². The van der Waals surface area contributed by atoms with Crippen molar-refractivity contribution in [2.24, 2.45) is 0 Å². The van der Waals surface area contributed by atoms with Gasteiger partial charge in [0.15, 0.2) is 0 Å². The standard InChI is InChI=1S/C26H26N4OS/c1-32-24-22-21(11-14-27-24)28-25(31-17-26-12-5-15-30(26)16-6-13-26)29-23(22)20-10-4-8-18-7-2-3-9-19(18)20/h2-4,7-11,14H,5-6,12-13,15-17H2,1H3. The van der Waals surface area contributed by atoms with E-state index in [9.17, 15) is 0 Å². The van der Waals surface area contributed by atoms with Gasteiger partial charge >= 0.3 is 6.01 Å². The van der Waals surface area contributed by atoms with Crippen molar-refractivity contribution in [3.8, 4) is 17.3 Å². The van der Waals surface area contributed by atoms with Gasteiger partial charge in [-0.25, -0.2) is 4.98 Å². The third-order valence-corrected chi connectivity index (χ3v) is 7.77. The number of aromatic nitrogens is 3. The molecule has 0 saturated carbocycles. The molecule has 0 unspecified atom stereocenters. The minimum Gasteiger partial charge on any atom is -0.461 e. The normalized spacial score (nSPS) is 17.8. The van der Waals surface area contributed by atoms with E-state index in [2.05, 4.69) is 52.3 Å². The van der Waals surface area contributed by atoms with Crippen molar-refractivity contribution in [1.29, 1.82) is 0 Å². The van der Waals surface area contributed by atoms with E-state index in [4.69, 9.17) is 14.7 Å². The Morgan fingerprint density at radius 1 is 1.00 bits per heavy atom. The van der Waals surface area contributed by atoms with Gasteiger partial charge in [-0.15, -0.1) is 11.8 Å². The fourth-order valence-corrected chi connectivity index (χ4v) is 6.11. The molecule has 5 nitrogen and oxygen atoms in total. The van der Waals surface area contributed by atoms with Crippen molar-refractivity contribution in [3.05, 3.63) is 54.7 Å². The summed E-state index contributed by atoms with van der Waals surface area (Å²) in [7, 11) is 0. The van der Waals surface area contributed by atoms with E-state index in [0.717, 1.165) is 27.2 Å². The molecule has 0 bridgehead atoms. The van der Waals surface area contributed by atoms with Gasteiger partial charge in [0.1, 0.15) is 11.6 Å². The molecule has 2 saturated heterocycles. The molecular formula is C26H26N4OS. The largest absolute Gasteiger partial charge is 0.461 e. The number of pyridine rings is 1. The van der Waals surface area contributed by atoms with Crippen LogP contribution < -0.4 is 4.74 Å². The predicted octanol–water partition coefficient (Wildman–Crippen LogP) is 5.57. The number of ether oxygens (including phenoxy) is 1. The van der Waals surface area contributed by atoms with Crippen molar-refractivity contribution in [2.75, 3.05) is 26.0 Å². The van der Waals surface area contributed by atoms with Gasteiger partial charge in [0.25, 0.3) is 0 Å². The van der Waals surface area contributed by atoms with Crippen LogP contribution in [0.3, 0.4) is 0 Å². The molecule has 6 heteroatoms. The van der Waals surface area contributed by atoms with Crippen molar-refractivity contribution in [3.63, 3.8) is 0 Å². The Kier molecular flexibility index (Phi) is 5.00. The van der Waals surface area contributed by atoms with Crippen molar-refractivity contribution < 1.29 is 4.74 Å². The lowest BCUT2D eigenvalue weighted by atomic mass is 9.95. The number of nitrogens with zero attached hydrogens (tertiary/aromatic N) is 4.